The average molecular weight is 277 g/mol. The first-order valence-corrected chi connectivity index (χ1v) is 6.24. The molecule has 1 saturated heterocycles. The molecule has 0 radical (unpaired) electrons. The van der Waals surface area contributed by atoms with Crippen molar-refractivity contribution in [3.05, 3.63) is 33.9 Å². The zero-order valence-corrected chi connectivity index (χ0v) is 11.0. The van der Waals surface area contributed by atoms with Crippen LogP contribution in [-0.2, 0) is 4.74 Å². The van der Waals surface area contributed by atoms with Crippen molar-refractivity contribution < 1.29 is 14.8 Å². The van der Waals surface area contributed by atoms with Crippen molar-refractivity contribution in [1.82, 2.24) is 0 Å². The molecule has 1 N–H and O–H groups in total. The Kier molecular flexibility index (Phi) is 4.17. The third-order valence-corrected chi connectivity index (χ3v) is 3.32. The molecular formula is C13H15N3O4. The fourth-order valence-electron chi connectivity index (χ4n) is 2.24. The second-order valence-electron chi connectivity index (χ2n) is 4.71. The number of ether oxygens (including phenoxy) is 1. The summed E-state index contributed by atoms with van der Waals surface area (Å²) in [4.78, 5) is 12.5. The molecule has 1 heterocycles. The summed E-state index contributed by atoms with van der Waals surface area (Å²) >= 11 is 0. The zero-order valence-electron chi connectivity index (χ0n) is 11.0. The number of morpholine rings is 1. The molecule has 1 fully saturated rings. The number of nitriles is 1. The highest BCUT2D eigenvalue weighted by Gasteiger charge is 2.30. The Bertz CT molecular complexity index is 555. The van der Waals surface area contributed by atoms with E-state index in [2.05, 4.69) is 0 Å². The van der Waals surface area contributed by atoms with Crippen molar-refractivity contribution in [3.8, 4) is 6.07 Å². The third-order valence-electron chi connectivity index (χ3n) is 3.32. The molecule has 2 atom stereocenters. The first-order chi connectivity index (χ1) is 9.56. The zero-order chi connectivity index (χ0) is 14.7. The summed E-state index contributed by atoms with van der Waals surface area (Å²) in [7, 11) is 0. The molecule has 7 heteroatoms. The minimum Gasteiger partial charge on any atom is -0.394 e. The lowest BCUT2D eigenvalue weighted by molar-refractivity contribution is -0.384. The van der Waals surface area contributed by atoms with Crippen molar-refractivity contribution in [2.45, 2.75) is 19.1 Å². The van der Waals surface area contributed by atoms with E-state index >= 15 is 0 Å². The average Bonchev–Trinajstić information content (AvgIpc) is 2.47. The van der Waals surface area contributed by atoms with Crippen LogP contribution in [0.1, 0.15) is 12.5 Å². The highest BCUT2D eigenvalue weighted by molar-refractivity contribution is 5.66. The molecule has 0 aromatic heterocycles. The molecule has 0 spiro atoms. The van der Waals surface area contributed by atoms with E-state index in [0.717, 1.165) is 0 Å². The predicted molar refractivity (Wildman–Crippen MR) is 71.4 cm³/mol. The molecule has 1 aromatic carbocycles. The van der Waals surface area contributed by atoms with Crippen LogP contribution >= 0.6 is 0 Å². The molecule has 2 unspecified atom stereocenters. The van der Waals surface area contributed by atoms with E-state index in [9.17, 15) is 15.2 Å². The number of nitro benzene ring substituents is 1. The monoisotopic (exact) mass is 277 g/mol. The first-order valence-electron chi connectivity index (χ1n) is 6.24. The smallest absolute Gasteiger partial charge is 0.292 e. The Balaban J connectivity index is 2.43. The van der Waals surface area contributed by atoms with E-state index in [1.54, 1.807) is 0 Å². The molecular weight excluding hydrogens is 262 g/mol. The van der Waals surface area contributed by atoms with Gasteiger partial charge in [0.05, 0.1) is 35.9 Å². The van der Waals surface area contributed by atoms with Gasteiger partial charge in [-0.1, -0.05) is 0 Å². The fourth-order valence-corrected chi connectivity index (χ4v) is 2.24. The van der Waals surface area contributed by atoms with E-state index in [4.69, 9.17) is 10.00 Å². The van der Waals surface area contributed by atoms with Gasteiger partial charge in [-0.05, 0) is 19.1 Å². The van der Waals surface area contributed by atoms with Crippen LogP contribution in [-0.4, -0.2) is 41.9 Å². The van der Waals surface area contributed by atoms with E-state index in [1.165, 1.54) is 18.2 Å². The molecule has 0 bridgehead atoms. The minimum absolute atomic E-state index is 0.0468. The lowest BCUT2D eigenvalue weighted by atomic mass is 10.1. The first kappa shape index (κ1) is 14.2. The summed E-state index contributed by atoms with van der Waals surface area (Å²) in [6.07, 6.45) is -0.378. The van der Waals surface area contributed by atoms with Crippen LogP contribution in [0.3, 0.4) is 0 Å². The molecule has 7 nitrogen and oxygen atoms in total. The largest absolute Gasteiger partial charge is 0.394 e. The van der Waals surface area contributed by atoms with Gasteiger partial charge >= 0.3 is 0 Å². The second kappa shape index (κ2) is 5.86. The molecule has 20 heavy (non-hydrogen) atoms. The van der Waals surface area contributed by atoms with Crippen molar-refractivity contribution >= 4 is 11.4 Å². The van der Waals surface area contributed by atoms with Gasteiger partial charge < -0.3 is 14.7 Å². The third kappa shape index (κ3) is 2.71. The van der Waals surface area contributed by atoms with Gasteiger partial charge in [0.15, 0.2) is 0 Å². The molecule has 106 valence electrons. The summed E-state index contributed by atoms with van der Waals surface area (Å²) in [5.74, 6) is 0. The maximum absolute atomic E-state index is 11.1. The second-order valence-corrected chi connectivity index (χ2v) is 4.71. The molecule has 1 aromatic rings. The van der Waals surface area contributed by atoms with Gasteiger partial charge in [0.25, 0.3) is 5.69 Å². The Morgan fingerprint density at radius 1 is 1.65 bits per heavy atom. The molecule has 0 saturated carbocycles. The highest BCUT2D eigenvalue weighted by atomic mass is 16.6. The van der Waals surface area contributed by atoms with Gasteiger partial charge in [0.1, 0.15) is 5.69 Å². The van der Waals surface area contributed by atoms with Crippen molar-refractivity contribution in [1.29, 1.82) is 5.26 Å². The standard InChI is InChI=1S/C13H15N3O4/c1-9-8-20-11(7-17)6-15(9)13-4-10(5-14)2-3-12(13)16(18)19/h2-4,9,11,17H,6-8H2,1H3. The van der Waals surface area contributed by atoms with Crippen LogP contribution in [0.2, 0.25) is 0 Å². The van der Waals surface area contributed by atoms with Gasteiger partial charge in [0.2, 0.25) is 0 Å². The van der Waals surface area contributed by atoms with Crippen LogP contribution in [0.25, 0.3) is 0 Å². The van der Waals surface area contributed by atoms with Crippen LogP contribution < -0.4 is 4.90 Å². The molecule has 1 aliphatic heterocycles. The Morgan fingerprint density at radius 3 is 3.00 bits per heavy atom. The number of aliphatic hydroxyl groups is 1. The number of nitro groups is 1. The highest BCUT2D eigenvalue weighted by Crippen LogP contribution is 2.32. The van der Waals surface area contributed by atoms with E-state index in [1.807, 2.05) is 17.9 Å². The number of aliphatic hydroxyl groups excluding tert-OH is 1. The molecule has 0 amide bonds. The number of anilines is 1. The SMILES string of the molecule is CC1COC(CO)CN1c1cc(C#N)ccc1[N+](=O)[O-]. The molecule has 2 rings (SSSR count). The van der Waals surface area contributed by atoms with Gasteiger partial charge in [-0.2, -0.15) is 5.26 Å². The summed E-state index contributed by atoms with van der Waals surface area (Å²) in [6.45, 7) is 2.47. The van der Waals surface area contributed by atoms with E-state index in [0.29, 0.717) is 24.4 Å². The Labute approximate surface area is 116 Å². The van der Waals surface area contributed by atoms with Gasteiger partial charge in [-0.25, -0.2) is 0 Å². The fraction of sp³-hybridized carbons (Fsp3) is 0.462. The maximum atomic E-state index is 11.1. The maximum Gasteiger partial charge on any atom is 0.292 e. The van der Waals surface area contributed by atoms with Crippen molar-refractivity contribution in [2.75, 3.05) is 24.7 Å². The summed E-state index contributed by atoms with van der Waals surface area (Å²) in [5, 5.41) is 29.3. The van der Waals surface area contributed by atoms with Crippen LogP contribution in [0, 0.1) is 21.4 Å². The molecule has 0 aliphatic carbocycles. The van der Waals surface area contributed by atoms with Gasteiger partial charge in [-0.15, -0.1) is 0 Å². The summed E-state index contributed by atoms with van der Waals surface area (Å²) in [5.41, 5.74) is 0.711. The number of rotatable bonds is 3. The van der Waals surface area contributed by atoms with Crippen LogP contribution in [0.4, 0.5) is 11.4 Å². The van der Waals surface area contributed by atoms with Gasteiger partial charge in [-0.3, -0.25) is 10.1 Å². The van der Waals surface area contributed by atoms with Gasteiger partial charge in [0, 0.05) is 18.7 Å². The lowest BCUT2D eigenvalue weighted by Crippen LogP contribution is -2.49. The summed E-state index contributed by atoms with van der Waals surface area (Å²) in [6, 6.07) is 6.19. The van der Waals surface area contributed by atoms with Crippen LogP contribution in [0.5, 0.6) is 0 Å². The van der Waals surface area contributed by atoms with E-state index < -0.39 is 4.92 Å². The quantitative estimate of drug-likeness (QED) is 0.655. The normalized spacial score (nSPS) is 22.4. The van der Waals surface area contributed by atoms with Crippen LogP contribution in [0.15, 0.2) is 18.2 Å². The topological polar surface area (TPSA) is 99.6 Å². The minimum atomic E-state index is -0.466. The lowest BCUT2D eigenvalue weighted by Gasteiger charge is -2.38. The number of benzene rings is 1. The van der Waals surface area contributed by atoms with E-state index in [-0.39, 0.29) is 24.4 Å². The van der Waals surface area contributed by atoms with Crippen molar-refractivity contribution in [2.24, 2.45) is 0 Å². The number of hydrogen-bond acceptors (Lipinski definition) is 6. The Morgan fingerprint density at radius 2 is 2.40 bits per heavy atom. The molecule has 1 aliphatic rings. The Hall–Kier alpha value is -2.17. The predicted octanol–water partition coefficient (Wildman–Crippen LogP) is 1.05. The number of nitrogens with zero attached hydrogens (tertiary/aromatic N) is 3. The van der Waals surface area contributed by atoms with Crippen molar-refractivity contribution in [3.63, 3.8) is 0 Å². The summed E-state index contributed by atoms with van der Waals surface area (Å²) < 4.78 is 5.42. The number of hydrogen-bond donors (Lipinski definition) is 1.